The highest BCUT2D eigenvalue weighted by molar-refractivity contribution is 5.92. The zero-order valence-corrected chi connectivity index (χ0v) is 10.1. The van der Waals surface area contributed by atoms with Crippen LogP contribution in [0.5, 0.6) is 0 Å². The fraction of sp³-hybridized carbons (Fsp3) is 0.286. The van der Waals surface area contributed by atoms with Crippen LogP contribution >= 0.6 is 0 Å². The molecule has 1 aliphatic carbocycles. The predicted molar refractivity (Wildman–Crippen MR) is 65.7 cm³/mol. The summed E-state index contributed by atoms with van der Waals surface area (Å²) in [7, 11) is 0. The van der Waals surface area contributed by atoms with Crippen molar-refractivity contribution in [1.29, 1.82) is 5.26 Å². The fourth-order valence-corrected chi connectivity index (χ4v) is 1.77. The highest BCUT2D eigenvalue weighted by Crippen LogP contribution is 2.26. The predicted octanol–water partition coefficient (Wildman–Crippen LogP) is 2.49. The van der Waals surface area contributed by atoms with Gasteiger partial charge >= 0.3 is 0 Å². The molecule has 3 nitrogen and oxygen atoms in total. The van der Waals surface area contributed by atoms with E-state index in [1.807, 2.05) is 6.07 Å². The smallest absolute Gasteiger partial charge is 0.247 e. The maximum atomic E-state index is 13.4. The summed E-state index contributed by atoms with van der Waals surface area (Å²) in [6.07, 6.45) is 3.96. The van der Waals surface area contributed by atoms with Crippen LogP contribution in [-0.2, 0) is 4.79 Å². The molecule has 0 saturated heterocycles. The zero-order valence-electron chi connectivity index (χ0n) is 10.1. The molecule has 1 aromatic rings. The molecule has 0 atom stereocenters. The molecule has 1 fully saturated rings. The SMILES string of the molecule is N#CCN(C(=O)C=Cc1c(F)cccc1F)C1CC1. The Morgan fingerprint density at radius 1 is 1.42 bits per heavy atom. The van der Waals surface area contributed by atoms with Crippen LogP contribution < -0.4 is 0 Å². The van der Waals surface area contributed by atoms with Crippen molar-refractivity contribution in [3.05, 3.63) is 41.5 Å². The lowest BCUT2D eigenvalue weighted by atomic mass is 10.2. The van der Waals surface area contributed by atoms with Crippen molar-refractivity contribution in [2.45, 2.75) is 18.9 Å². The first-order chi connectivity index (χ1) is 9.13. The molecule has 1 amide bonds. The Balaban J connectivity index is 2.13. The molecule has 0 aromatic heterocycles. The summed E-state index contributed by atoms with van der Waals surface area (Å²) >= 11 is 0. The van der Waals surface area contributed by atoms with Gasteiger partial charge in [0.25, 0.3) is 0 Å². The Kier molecular flexibility index (Phi) is 3.91. The number of carbonyl (C=O) groups is 1. The molecule has 0 aliphatic heterocycles. The van der Waals surface area contributed by atoms with Crippen molar-refractivity contribution in [2.24, 2.45) is 0 Å². The lowest BCUT2D eigenvalue weighted by Gasteiger charge is -2.16. The summed E-state index contributed by atoms with van der Waals surface area (Å²) < 4.78 is 26.7. The van der Waals surface area contributed by atoms with Gasteiger partial charge in [0, 0.05) is 17.7 Å². The number of benzene rings is 1. The Morgan fingerprint density at radius 3 is 2.58 bits per heavy atom. The second-order valence-electron chi connectivity index (χ2n) is 4.32. The number of rotatable bonds is 4. The maximum Gasteiger partial charge on any atom is 0.247 e. The average molecular weight is 262 g/mol. The van der Waals surface area contributed by atoms with Gasteiger partial charge in [-0.25, -0.2) is 8.78 Å². The Hall–Kier alpha value is -2.22. The first kappa shape index (κ1) is 13.2. The number of hydrogen-bond acceptors (Lipinski definition) is 2. The summed E-state index contributed by atoms with van der Waals surface area (Å²) in [5.74, 6) is -1.84. The van der Waals surface area contributed by atoms with Gasteiger partial charge in [-0.15, -0.1) is 0 Å². The van der Waals surface area contributed by atoms with Crippen LogP contribution in [0, 0.1) is 23.0 Å². The molecule has 98 valence electrons. The molecule has 0 bridgehead atoms. The van der Waals surface area contributed by atoms with E-state index in [2.05, 4.69) is 0 Å². The summed E-state index contributed by atoms with van der Waals surface area (Å²) in [4.78, 5) is 13.3. The van der Waals surface area contributed by atoms with Crippen molar-refractivity contribution in [1.82, 2.24) is 4.90 Å². The van der Waals surface area contributed by atoms with E-state index in [4.69, 9.17) is 5.26 Å². The summed E-state index contributed by atoms with van der Waals surface area (Å²) in [6, 6.07) is 5.51. The Bertz CT molecular complexity index is 539. The summed E-state index contributed by atoms with van der Waals surface area (Å²) in [5.41, 5.74) is -0.247. The third kappa shape index (κ3) is 3.16. The van der Waals surface area contributed by atoms with E-state index in [-0.39, 0.29) is 18.2 Å². The minimum atomic E-state index is -0.720. The van der Waals surface area contributed by atoms with Gasteiger partial charge < -0.3 is 4.90 Å². The van der Waals surface area contributed by atoms with E-state index in [1.54, 1.807) is 0 Å². The van der Waals surface area contributed by atoms with Gasteiger partial charge in [0.05, 0.1) is 6.07 Å². The molecular formula is C14H12F2N2O. The number of amides is 1. The lowest BCUT2D eigenvalue weighted by molar-refractivity contribution is -0.125. The van der Waals surface area contributed by atoms with E-state index >= 15 is 0 Å². The largest absolute Gasteiger partial charge is 0.323 e. The van der Waals surface area contributed by atoms with Crippen LogP contribution in [0.25, 0.3) is 6.08 Å². The number of carbonyl (C=O) groups excluding carboxylic acids is 1. The minimum absolute atomic E-state index is 0.00636. The first-order valence-electron chi connectivity index (χ1n) is 5.93. The summed E-state index contributed by atoms with van der Waals surface area (Å²) in [6.45, 7) is -0.00636. The van der Waals surface area contributed by atoms with E-state index in [0.29, 0.717) is 0 Å². The van der Waals surface area contributed by atoms with Crippen molar-refractivity contribution in [2.75, 3.05) is 6.54 Å². The molecule has 1 aromatic carbocycles. The molecule has 1 aliphatic rings. The minimum Gasteiger partial charge on any atom is -0.323 e. The van der Waals surface area contributed by atoms with Crippen molar-refractivity contribution < 1.29 is 13.6 Å². The highest BCUT2D eigenvalue weighted by Gasteiger charge is 2.31. The molecular weight excluding hydrogens is 250 g/mol. The van der Waals surface area contributed by atoms with Crippen LogP contribution in [0.3, 0.4) is 0 Å². The second-order valence-corrected chi connectivity index (χ2v) is 4.32. The standard InChI is InChI=1S/C14H12F2N2O/c15-12-2-1-3-13(16)11(12)6-7-14(19)18(9-8-17)10-4-5-10/h1-3,6-7,10H,4-5,9H2. The average Bonchev–Trinajstić information content (AvgIpc) is 3.19. The topological polar surface area (TPSA) is 44.1 Å². The monoisotopic (exact) mass is 262 g/mol. The van der Waals surface area contributed by atoms with Crippen LogP contribution in [0.15, 0.2) is 24.3 Å². The zero-order chi connectivity index (χ0) is 13.8. The van der Waals surface area contributed by atoms with Gasteiger partial charge in [-0.1, -0.05) is 6.07 Å². The molecule has 0 radical (unpaired) electrons. The van der Waals surface area contributed by atoms with Gasteiger partial charge in [-0.3, -0.25) is 4.79 Å². The molecule has 5 heteroatoms. The number of nitrogens with zero attached hydrogens (tertiary/aromatic N) is 2. The third-order valence-corrected chi connectivity index (χ3v) is 2.90. The Labute approximate surface area is 109 Å². The van der Waals surface area contributed by atoms with Crippen molar-refractivity contribution in [3.8, 4) is 6.07 Å². The van der Waals surface area contributed by atoms with E-state index in [1.165, 1.54) is 11.0 Å². The highest BCUT2D eigenvalue weighted by atomic mass is 19.1. The van der Waals surface area contributed by atoms with E-state index in [0.717, 1.165) is 37.1 Å². The molecule has 2 rings (SSSR count). The summed E-state index contributed by atoms with van der Waals surface area (Å²) in [5, 5.41) is 8.65. The van der Waals surface area contributed by atoms with Crippen molar-refractivity contribution >= 4 is 12.0 Å². The molecule has 0 unspecified atom stereocenters. The quantitative estimate of drug-likeness (QED) is 0.618. The van der Waals surface area contributed by atoms with Crippen LogP contribution in [0.1, 0.15) is 18.4 Å². The molecule has 1 saturated carbocycles. The van der Waals surface area contributed by atoms with Gasteiger partial charge in [0.1, 0.15) is 18.2 Å². The molecule has 0 N–H and O–H groups in total. The third-order valence-electron chi connectivity index (χ3n) is 2.90. The Morgan fingerprint density at radius 2 is 2.05 bits per heavy atom. The van der Waals surface area contributed by atoms with E-state index < -0.39 is 17.5 Å². The molecule has 19 heavy (non-hydrogen) atoms. The van der Waals surface area contributed by atoms with Gasteiger partial charge in [0.2, 0.25) is 5.91 Å². The van der Waals surface area contributed by atoms with Crippen molar-refractivity contribution in [3.63, 3.8) is 0 Å². The fourth-order valence-electron chi connectivity index (χ4n) is 1.77. The number of halogens is 2. The van der Waals surface area contributed by atoms with Gasteiger partial charge in [-0.05, 0) is 31.1 Å². The lowest BCUT2D eigenvalue weighted by Crippen LogP contribution is -2.31. The molecule has 0 heterocycles. The normalized spacial score (nSPS) is 14.4. The number of hydrogen-bond donors (Lipinski definition) is 0. The van der Waals surface area contributed by atoms with Gasteiger partial charge in [0.15, 0.2) is 0 Å². The van der Waals surface area contributed by atoms with Crippen LogP contribution in [-0.4, -0.2) is 23.4 Å². The second kappa shape index (κ2) is 5.61. The van der Waals surface area contributed by atoms with Crippen LogP contribution in [0.4, 0.5) is 8.78 Å². The maximum absolute atomic E-state index is 13.4. The number of nitriles is 1. The van der Waals surface area contributed by atoms with Crippen LogP contribution in [0.2, 0.25) is 0 Å². The first-order valence-corrected chi connectivity index (χ1v) is 5.93. The molecule has 0 spiro atoms. The van der Waals surface area contributed by atoms with Gasteiger partial charge in [-0.2, -0.15) is 5.26 Å². The van der Waals surface area contributed by atoms with E-state index in [9.17, 15) is 13.6 Å².